The van der Waals surface area contributed by atoms with Crippen LogP contribution in [0.4, 0.5) is 5.69 Å². The van der Waals surface area contributed by atoms with Crippen molar-refractivity contribution in [1.82, 2.24) is 9.55 Å². The molecule has 4 N–H and O–H groups in total. The molecule has 6 nitrogen and oxygen atoms in total. The summed E-state index contributed by atoms with van der Waals surface area (Å²) >= 11 is 0. The molecule has 1 amide bonds. The highest BCUT2D eigenvalue weighted by atomic mass is 16.3. The molecule has 0 spiro atoms. The van der Waals surface area contributed by atoms with Crippen LogP contribution in [0.3, 0.4) is 0 Å². The zero-order valence-corrected chi connectivity index (χ0v) is 20.3. The van der Waals surface area contributed by atoms with Crippen LogP contribution in [0.2, 0.25) is 0 Å². The molecule has 4 aromatic carbocycles. The third-order valence-electron chi connectivity index (χ3n) is 6.80. The third kappa shape index (κ3) is 3.88. The summed E-state index contributed by atoms with van der Waals surface area (Å²) < 4.78 is 2.20. The summed E-state index contributed by atoms with van der Waals surface area (Å²) in [7, 11) is 0. The zero-order valence-electron chi connectivity index (χ0n) is 20.3. The first kappa shape index (κ1) is 22.8. The number of anilines is 1. The fraction of sp³-hybridized carbons (Fsp3) is 0.0968. The predicted molar refractivity (Wildman–Crippen MR) is 150 cm³/mol. The average molecular weight is 487 g/mol. The minimum absolute atomic E-state index is 0.0685. The van der Waals surface area contributed by atoms with Crippen LogP contribution >= 0.6 is 0 Å². The maximum absolute atomic E-state index is 12.1. The zero-order chi connectivity index (χ0) is 25.5. The smallest absolute Gasteiger partial charge is 0.250 e. The number of aliphatic hydroxyl groups is 1. The molecule has 0 saturated carbocycles. The van der Waals surface area contributed by atoms with E-state index in [1.807, 2.05) is 55.6 Å². The molecule has 0 fully saturated rings. The van der Waals surface area contributed by atoms with E-state index < -0.39 is 5.91 Å². The number of aromatic nitrogens is 2. The number of hydrogen-bond acceptors (Lipinski definition) is 4. The van der Waals surface area contributed by atoms with Gasteiger partial charge in [-0.25, -0.2) is 0 Å². The first-order chi connectivity index (χ1) is 18.0. The Hall–Kier alpha value is -4.68. The van der Waals surface area contributed by atoms with Crippen molar-refractivity contribution in [2.45, 2.75) is 13.0 Å². The van der Waals surface area contributed by atoms with Crippen LogP contribution in [-0.4, -0.2) is 33.2 Å². The van der Waals surface area contributed by atoms with E-state index in [2.05, 4.69) is 52.3 Å². The summed E-state index contributed by atoms with van der Waals surface area (Å²) in [6, 6.07) is 30.3. The average Bonchev–Trinajstić information content (AvgIpc) is 3.27. The molecule has 1 atom stereocenters. The molecule has 2 aromatic heterocycles. The SMILES string of the molecule is C[C@H](CO)Nc1cc(-n2c3ccccc3c3c(-c4cnc5ccccc5c4)cccc32)ccc1C(N)=O. The van der Waals surface area contributed by atoms with Crippen molar-refractivity contribution in [3.05, 3.63) is 103 Å². The monoisotopic (exact) mass is 486 g/mol. The summed E-state index contributed by atoms with van der Waals surface area (Å²) in [6.45, 7) is 1.78. The van der Waals surface area contributed by atoms with Gasteiger partial charge in [-0.1, -0.05) is 48.5 Å². The van der Waals surface area contributed by atoms with Crippen LogP contribution in [-0.2, 0) is 0 Å². The molecule has 0 saturated heterocycles. The van der Waals surface area contributed by atoms with Gasteiger partial charge in [0.1, 0.15) is 0 Å². The molecule has 0 bridgehead atoms. The van der Waals surface area contributed by atoms with Gasteiger partial charge in [0.05, 0.1) is 28.7 Å². The predicted octanol–water partition coefficient (Wildman–Crippen LogP) is 5.89. The van der Waals surface area contributed by atoms with Crippen molar-refractivity contribution in [3.63, 3.8) is 0 Å². The Balaban J connectivity index is 1.62. The van der Waals surface area contributed by atoms with Crippen LogP contribution in [0.15, 0.2) is 97.2 Å². The second kappa shape index (κ2) is 9.08. The van der Waals surface area contributed by atoms with Gasteiger partial charge in [-0.15, -0.1) is 0 Å². The van der Waals surface area contributed by atoms with Crippen molar-refractivity contribution in [3.8, 4) is 16.8 Å². The highest BCUT2D eigenvalue weighted by Crippen LogP contribution is 2.39. The van der Waals surface area contributed by atoms with Gasteiger partial charge in [-0.05, 0) is 55.0 Å². The molecule has 182 valence electrons. The molecule has 2 heterocycles. The molecule has 37 heavy (non-hydrogen) atoms. The van der Waals surface area contributed by atoms with Gasteiger partial charge in [-0.3, -0.25) is 9.78 Å². The van der Waals surface area contributed by atoms with Gasteiger partial charge in [0.15, 0.2) is 0 Å². The molecule has 0 aliphatic carbocycles. The van der Waals surface area contributed by atoms with E-state index in [9.17, 15) is 9.90 Å². The number of primary amides is 1. The highest BCUT2D eigenvalue weighted by molar-refractivity contribution is 6.16. The number of pyridine rings is 1. The quantitative estimate of drug-likeness (QED) is 0.274. The topological polar surface area (TPSA) is 93.2 Å². The van der Waals surface area contributed by atoms with E-state index in [0.29, 0.717) is 11.3 Å². The van der Waals surface area contributed by atoms with Gasteiger partial charge in [0.2, 0.25) is 0 Å². The number of carbonyl (C=O) groups excluding carboxylic acids is 1. The van der Waals surface area contributed by atoms with Crippen LogP contribution in [0.1, 0.15) is 17.3 Å². The molecule has 0 radical (unpaired) electrons. The Morgan fingerprint density at radius 2 is 1.76 bits per heavy atom. The largest absolute Gasteiger partial charge is 0.394 e. The first-order valence-corrected chi connectivity index (χ1v) is 12.2. The Kier molecular flexibility index (Phi) is 5.58. The maximum atomic E-state index is 12.1. The van der Waals surface area contributed by atoms with Gasteiger partial charge in [0, 0.05) is 45.3 Å². The third-order valence-corrected chi connectivity index (χ3v) is 6.80. The number of nitrogens with one attached hydrogen (secondary N) is 1. The Bertz CT molecular complexity index is 1800. The van der Waals surface area contributed by atoms with Gasteiger partial charge in [-0.2, -0.15) is 0 Å². The number of nitrogens with zero attached hydrogens (tertiary/aromatic N) is 2. The minimum atomic E-state index is -0.521. The molecule has 6 rings (SSSR count). The molecule has 6 aromatic rings. The molecular formula is C31H26N4O2. The maximum Gasteiger partial charge on any atom is 0.250 e. The first-order valence-electron chi connectivity index (χ1n) is 12.2. The van der Waals surface area contributed by atoms with E-state index in [-0.39, 0.29) is 12.6 Å². The van der Waals surface area contributed by atoms with E-state index in [4.69, 9.17) is 10.7 Å². The summed E-state index contributed by atoms with van der Waals surface area (Å²) in [4.78, 5) is 16.8. The van der Waals surface area contributed by atoms with Crippen molar-refractivity contribution >= 4 is 44.3 Å². The molecule has 0 aliphatic heterocycles. The summed E-state index contributed by atoms with van der Waals surface area (Å²) in [6.07, 6.45) is 1.93. The number of carbonyl (C=O) groups is 1. The number of fused-ring (bicyclic) bond motifs is 4. The fourth-order valence-electron chi connectivity index (χ4n) is 5.07. The molecule has 0 unspecified atom stereocenters. The summed E-state index contributed by atoms with van der Waals surface area (Å²) in [5.74, 6) is -0.521. The number of amides is 1. The lowest BCUT2D eigenvalue weighted by Gasteiger charge is -2.17. The van der Waals surface area contributed by atoms with Crippen LogP contribution in [0.5, 0.6) is 0 Å². The Morgan fingerprint density at radius 3 is 2.59 bits per heavy atom. The number of nitrogens with two attached hydrogens (primary N) is 1. The minimum Gasteiger partial charge on any atom is -0.394 e. The van der Waals surface area contributed by atoms with E-state index in [1.54, 1.807) is 6.07 Å². The lowest BCUT2D eigenvalue weighted by molar-refractivity contribution is 0.100. The number of rotatable bonds is 6. The van der Waals surface area contributed by atoms with Crippen LogP contribution in [0.25, 0.3) is 49.5 Å². The lowest BCUT2D eigenvalue weighted by atomic mass is 9.99. The standard InChI is InChI=1S/C31H26N4O2/c1-19(18-36)34-27-16-22(13-14-24(27)31(32)37)35-28-11-5-3-8-25(28)30-23(9-6-12-29(30)35)21-15-20-7-2-4-10-26(20)33-17-21/h2-17,19,34,36H,18H2,1H3,(H2,32,37)/t19-/m1/s1. The van der Waals surface area contributed by atoms with E-state index >= 15 is 0 Å². The van der Waals surface area contributed by atoms with Crippen LogP contribution < -0.4 is 11.1 Å². The normalized spacial score (nSPS) is 12.3. The number of benzene rings is 4. The second-order valence-corrected chi connectivity index (χ2v) is 9.29. The number of para-hydroxylation sites is 2. The molecule has 0 aliphatic rings. The number of aliphatic hydroxyl groups excluding tert-OH is 1. The van der Waals surface area contributed by atoms with Crippen molar-refractivity contribution < 1.29 is 9.90 Å². The van der Waals surface area contributed by atoms with Gasteiger partial charge in [0.25, 0.3) is 5.91 Å². The fourth-order valence-corrected chi connectivity index (χ4v) is 5.07. The highest BCUT2D eigenvalue weighted by Gasteiger charge is 2.18. The lowest BCUT2D eigenvalue weighted by Crippen LogP contribution is -2.22. The summed E-state index contributed by atoms with van der Waals surface area (Å²) in [5, 5.41) is 16.1. The molecular weight excluding hydrogens is 460 g/mol. The molecule has 6 heteroatoms. The number of hydrogen-bond donors (Lipinski definition) is 3. The Labute approximate surface area is 214 Å². The van der Waals surface area contributed by atoms with Crippen molar-refractivity contribution in [2.24, 2.45) is 5.73 Å². The van der Waals surface area contributed by atoms with Gasteiger partial charge < -0.3 is 20.7 Å². The van der Waals surface area contributed by atoms with Gasteiger partial charge >= 0.3 is 0 Å². The van der Waals surface area contributed by atoms with E-state index in [1.165, 1.54) is 0 Å². The van der Waals surface area contributed by atoms with Crippen molar-refractivity contribution in [1.29, 1.82) is 0 Å². The second-order valence-electron chi connectivity index (χ2n) is 9.29. The summed E-state index contributed by atoms with van der Waals surface area (Å²) in [5.41, 5.74) is 12.7. The Morgan fingerprint density at radius 1 is 0.973 bits per heavy atom. The van der Waals surface area contributed by atoms with Crippen molar-refractivity contribution in [2.75, 3.05) is 11.9 Å². The van der Waals surface area contributed by atoms with Crippen LogP contribution in [0, 0.1) is 0 Å². The van der Waals surface area contributed by atoms with E-state index in [0.717, 1.165) is 49.5 Å².